The van der Waals surface area contributed by atoms with Gasteiger partial charge in [-0.1, -0.05) is 17.7 Å². The van der Waals surface area contributed by atoms with Gasteiger partial charge in [0.25, 0.3) is 0 Å². The van der Waals surface area contributed by atoms with Crippen molar-refractivity contribution in [2.45, 2.75) is 31.5 Å². The molecule has 0 bridgehead atoms. The van der Waals surface area contributed by atoms with Gasteiger partial charge in [0.15, 0.2) is 0 Å². The molecule has 0 spiro atoms. The third-order valence-electron chi connectivity index (χ3n) is 4.33. The van der Waals surface area contributed by atoms with Gasteiger partial charge < -0.3 is 10.1 Å². The number of hydrogen-bond acceptors (Lipinski definition) is 4. The van der Waals surface area contributed by atoms with E-state index in [4.69, 9.17) is 21.6 Å². The number of ether oxygens (including phenoxy) is 1. The molecular weight excluding hydrogens is 286 g/mol. The Kier molecular flexibility index (Phi) is 4.77. The van der Waals surface area contributed by atoms with E-state index in [-0.39, 0.29) is 6.10 Å². The summed E-state index contributed by atoms with van der Waals surface area (Å²) in [5, 5.41) is 12.9. The zero-order valence-corrected chi connectivity index (χ0v) is 12.8. The molecule has 1 aromatic carbocycles. The minimum absolute atomic E-state index is 0.261. The van der Waals surface area contributed by atoms with E-state index in [0.717, 1.165) is 25.3 Å². The SMILES string of the molecule is N#Cc1ccc(CNCC2CN3CCCC3CO2)c(Cl)c1. The molecular formula is C16H20ClN3O. The van der Waals surface area contributed by atoms with Crippen molar-refractivity contribution in [3.05, 3.63) is 34.3 Å². The molecule has 112 valence electrons. The second-order valence-electron chi connectivity index (χ2n) is 5.80. The Morgan fingerprint density at radius 3 is 3.19 bits per heavy atom. The number of hydrogen-bond donors (Lipinski definition) is 1. The van der Waals surface area contributed by atoms with E-state index in [1.165, 1.54) is 19.4 Å². The first-order chi connectivity index (χ1) is 10.3. The molecule has 5 heteroatoms. The van der Waals surface area contributed by atoms with Gasteiger partial charge in [-0.3, -0.25) is 4.90 Å². The monoisotopic (exact) mass is 305 g/mol. The summed E-state index contributed by atoms with van der Waals surface area (Å²) in [6.07, 6.45) is 2.84. The number of nitrogens with zero attached hydrogens (tertiary/aromatic N) is 2. The van der Waals surface area contributed by atoms with Crippen LogP contribution in [0, 0.1) is 11.3 Å². The van der Waals surface area contributed by atoms with Gasteiger partial charge in [-0.2, -0.15) is 5.26 Å². The van der Waals surface area contributed by atoms with Crippen molar-refractivity contribution < 1.29 is 4.74 Å². The molecule has 0 amide bonds. The summed E-state index contributed by atoms with van der Waals surface area (Å²) in [6.45, 7) is 4.64. The lowest BCUT2D eigenvalue weighted by Gasteiger charge is -2.35. The zero-order chi connectivity index (χ0) is 14.7. The van der Waals surface area contributed by atoms with E-state index < -0.39 is 0 Å². The van der Waals surface area contributed by atoms with E-state index in [2.05, 4.69) is 16.3 Å². The van der Waals surface area contributed by atoms with Crippen LogP contribution < -0.4 is 5.32 Å². The molecule has 0 saturated carbocycles. The second kappa shape index (κ2) is 6.76. The van der Waals surface area contributed by atoms with Gasteiger partial charge in [-0.05, 0) is 37.1 Å². The molecule has 0 aromatic heterocycles. The molecule has 2 aliphatic heterocycles. The van der Waals surface area contributed by atoms with Crippen molar-refractivity contribution in [2.24, 2.45) is 0 Å². The van der Waals surface area contributed by atoms with Crippen molar-refractivity contribution >= 4 is 11.6 Å². The zero-order valence-electron chi connectivity index (χ0n) is 12.0. The molecule has 4 nitrogen and oxygen atoms in total. The quantitative estimate of drug-likeness (QED) is 0.926. The molecule has 2 heterocycles. The van der Waals surface area contributed by atoms with Crippen LogP contribution in [0.5, 0.6) is 0 Å². The fourth-order valence-electron chi connectivity index (χ4n) is 3.14. The molecule has 21 heavy (non-hydrogen) atoms. The maximum atomic E-state index is 8.83. The number of benzene rings is 1. The predicted molar refractivity (Wildman–Crippen MR) is 82.2 cm³/mol. The average molecular weight is 306 g/mol. The fourth-order valence-corrected chi connectivity index (χ4v) is 3.38. The van der Waals surface area contributed by atoms with Gasteiger partial charge in [0, 0.05) is 30.7 Å². The Balaban J connectivity index is 1.47. The van der Waals surface area contributed by atoms with Crippen LogP contribution in [-0.4, -0.2) is 43.3 Å². The lowest BCUT2D eigenvalue weighted by atomic mass is 10.1. The van der Waals surface area contributed by atoms with E-state index >= 15 is 0 Å². The summed E-state index contributed by atoms with van der Waals surface area (Å²) in [4.78, 5) is 2.55. The number of rotatable bonds is 4. The van der Waals surface area contributed by atoms with Crippen molar-refractivity contribution in [2.75, 3.05) is 26.2 Å². The maximum absolute atomic E-state index is 8.83. The van der Waals surface area contributed by atoms with E-state index in [1.54, 1.807) is 12.1 Å². The van der Waals surface area contributed by atoms with Gasteiger partial charge in [-0.25, -0.2) is 0 Å². The van der Waals surface area contributed by atoms with Gasteiger partial charge in [0.1, 0.15) is 0 Å². The molecule has 2 atom stereocenters. The number of morpholine rings is 1. The smallest absolute Gasteiger partial charge is 0.0992 e. The Hall–Kier alpha value is -1.12. The summed E-state index contributed by atoms with van der Waals surface area (Å²) in [6, 6.07) is 8.16. The van der Waals surface area contributed by atoms with Crippen molar-refractivity contribution in [3.8, 4) is 6.07 Å². The average Bonchev–Trinajstić information content (AvgIpc) is 2.96. The fraction of sp³-hybridized carbons (Fsp3) is 0.562. The molecule has 2 aliphatic rings. The minimum Gasteiger partial charge on any atom is -0.374 e. The lowest BCUT2D eigenvalue weighted by molar-refractivity contribution is -0.0470. The molecule has 2 saturated heterocycles. The van der Waals surface area contributed by atoms with Crippen LogP contribution in [0.2, 0.25) is 5.02 Å². The van der Waals surface area contributed by atoms with Crippen molar-refractivity contribution in [3.63, 3.8) is 0 Å². The summed E-state index contributed by atoms with van der Waals surface area (Å²) < 4.78 is 5.92. The molecule has 0 radical (unpaired) electrons. The Bertz CT molecular complexity index is 543. The van der Waals surface area contributed by atoms with E-state index in [9.17, 15) is 0 Å². The first-order valence-electron chi connectivity index (χ1n) is 7.51. The topological polar surface area (TPSA) is 48.3 Å². The summed E-state index contributed by atoms with van der Waals surface area (Å²) in [5.41, 5.74) is 1.62. The standard InChI is InChI=1S/C16H20ClN3O/c17-16-6-12(7-18)3-4-13(16)8-19-9-15-10-20-5-1-2-14(20)11-21-15/h3-4,6,14-15,19H,1-2,5,8-11H2. The third kappa shape index (κ3) is 3.56. The highest BCUT2D eigenvalue weighted by molar-refractivity contribution is 6.31. The summed E-state index contributed by atoms with van der Waals surface area (Å²) >= 11 is 6.17. The maximum Gasteiger partial charge on any atom is 0.0992 e. The summed E-state index contributed by atoms with van der Waals surface area (Å²) in [7, 11) is 0. The number of fused-ring (bicyclic) bond motifs is 1. The third-order valence-corrected chi connectivity index (χ3v) is 4.68. The van der Waals surface area contributed by atoms with E-state index in [1.807, 2.05) is 6.07 Å². The van der Waals surface area contributed by atoms with E-state index in [0.29, 0.717) is 23.2 Å². The van der Waals surface area contributed by atoms with Gasteiger partial charge >= 0.3 is 0 Å². The van der Waals surface area contributed by atoms with Crippen LogP contribution in [0.25, 0.3) is 0 Å². The largest absolute Gasteiger partial charge is 0.374 e. The molecule has 3 rings (SSSR count). The number of halogens is 1. The predicted octanol–water partition coefficient (Wildman–Crippen LogP) is 2.16. The molecule has 0 aliphatic carbocycles. The highest BCUT2D eigenvalue weighted by Gasteiger charge is 2.31. The Morgan fingerprint density at radius 2 is 2.38 bits per heavy atom. The van der Waals surface area contributed by atoms with Crippen LogP contribution in [0.4, 0.5) is 0 Å². The normalized spacial score (nSPS) is 25.5. The molecule has 2 unspecified atom stereocenters. The second-order valence-corrected chi connectivity index (χ2v) is 6.20. The summed E-state index contributed by atoms with van der Waals surface area (Å²) in [5.74, 6) is 0. The van der Waals surface area contributed by atoms with Crippen molar-refractivity contribution in [1.29, 1.82) is 5.26 Å². The molecule has 1 N–H and O–H groups in total. The highest BCUT2D eigenvalue weighted by atomic mass is 35.5. The highest BCUT2D eigenvalue weighted by Crippen LogP contribution is 2.22. The van der Waals surface area contributed by atoms with Gasteiger partial charge in [0.05, 0.1) is 24.3 Å². The molecule has 1 aromatic rings. The van der Waals surface area contributed by atoms with Crippen LogP contribution in [0.15, 0.2) is 18.2 Å². The number of nitrogens with one attached hydrogen (secondary N) is 1. The van der Waals surface area contributed by atoms with Crippen LogP contribution in [0.1, 0.15) is 24.0 Å². The van der Waals surface area contributed by atoms with Crippen molar-refractivity contribution in [1.82, 2.24) is 10.2 Å². The lowest BCUT2D eigenvalue weighted by Crippen LogP contribution is -2.49. The Morgan fingerprint density at radius 1 is 1.48 bits per heavy atom. The van der Waals surface area contributed by atoms with Crippen LogP contribution in [-0.2, 0) is 11.3 Å². The first-order valence-corrected chi connectivity index (χ1v) is 7.89. The van der Waals surface area contributed by atoms with Crippen LogP contribution in [0.3, 0.4) is 0 Å². The Labute approximate surface area is 130 Å². The molecule has 2 fully saturated rings. The van der Waals surface area contributed by atoms with Gasteiger partial charge in [0.2, 0.25) is 0 Å². The van der Waals surface area contributed by atoms with Gasteiger partial charge in [-0.15, -0.1) is 0 Å². The first kappa shape index (κ1) is 14.8. The van der Waals surface area contributed by atoms with Crippen LogP contribution >= 0.6 is 11.6 Å². The minimum atomic E-state index is 0.261. The number of nitriles is 1.